The van der Waals surface area contributed by atoms with Crippen molar-refractivity contribution >= 4 is 22.5 Å². The molecule has 2 N–H and O–H groups in total. The molecule has 0 aliphatic carbocycles. The molecule has 9 nitrogen and oxygen atoms in total. The van der Waals surface area contributed by atoms with Gasteiger partial charge in [-0.2, -0.15) is 10.2 Å². The summed E-state index contributed by atoms with van der Waals surface area (Å²) in [6.45, 7) is 0. The average Bonchev–Trinajstić information content (AvgIpc) is 3.55. The van der Waals surface area contributed by atoms with Gasteiger partial charge in [-0.25, -0.2) is 19.6 Å². The largest absolute Gasteiger partial charge is 0.336 e. The van der Waals surface area contributed by atoms with Gasteiger partial charge in [-0.1, -0.05) is 30.3 Å². The first kappa shape index (κ1) is 18.8. The molecule has 6 rings (SSSR count). The van der Waals surface area contributed by atoms with E-state index in [9.17, 15) is 0 Å². The smallest absolute Gasteiger partial charge is 0.162 e. The van der Waals surface area contributed by atoms with E-state index >= 15 is 0 Å². The van der Waals surface area contributed by atoms with Gasteiger partial charge < -0.3 is 5.32 Å². The van der Waals surface area contributed by atoms with E-state index in [-0.39, 0.29) is 0 Å². The van der Waals surface area contributed by atoms with Crippen molar-refractivity contribution in [2.75, 3.05) is 5.32 Å². The predicted octanol–water partition coefficient (Wildman–Crippen LogP) is 4.41. The molecule has 0 saturated carbocycles. The Balaban J connectivity index is 1.38. The quantitative estimate of drug-likeness (QED) is 0.416. The van der Waals surface area contributed by atoms with Crippen LogP contribution in [0.1, 0.15) is 0 Å². The van der Waals surface area contributed by atoms with Crippen LogP contribution in [0.3, 0.4) is 0 Å². The summed E-state index contributed by atoms with van der Waals surface area (Å²) >= 11 is 0. The minimum atomic E-state index is 0.592. The number of aromatic amines is 1. The summed E-state index contributed by atoms with van der Waals surface area (Å²) in [4.78, 5) is 18.0. The van der Waals surface area contributed by atoms with Gasteiger partial charge in [0, 0.05) is 29.7 Å². The normalized spacial score (nSPS) is 11.0. The molecule has 0 radical (unpaired) electrons. The Hall–Kier alpha value is -4.92. The highest BCUT2D eigenvalue weighted by Crippen LogP contribution is 2.28. The molecule has 0 unspecified atom stereocenters. The van der Waals surface area contributed by atoms with Crippen molar-refractivity contribution in [3.05, 3.63) is 91.8 Å². The molecule has 9 heteroatoms. The minimum absolute atomic E-state index is 0.592. The highest BCUT2D eigenvalue weighted by Gasteiger charge is 2.13. The maximum absolute atomic E-state index is 4.79. The molecule has 0 amide bonds. The number of H-pyrrole nitrogens is 1. The second-order valence-corrected chi connectivity index (χ2v) is 7.34. The van der Waals surface area contributed by atoms with Crippen LogP contribution in [0.5, 0.6) is 0 Å². The lowest BCUT2D eigenvalue weighted by atomic mass is 10.0. The molecule has 5 aromatic heterocycles. The predicted molar refractivity (Wildman–Crippen MR) is 125 cm³/mol. The zero-order chi connectivity index (χ0) is 22.0. The number of fused-ring (bicyclic) bond motifs is 1. The lowest BCUT2D eigenvalue weighted by Crippen LogP contribution is -1.99. The second-order valence-electron chi connectivity index (χ2n) is 7.34. The highest BCUT2D eigenvalue weighted by atomic mass is 15.3. The SMILES string of the molecule is c1ccc(-n2cc(Nc3nc(-c4cccc(-c5cccnc5)c4)nc4cn[nH]c34)cn2)nc1. The fourth-order valence-corrected chi connectivity index (χ4v) is 3.57. The first-order chi connectivity index (χ1) is 16.3. The molecule has 0 aliphatic rings. The summed E-state index contributed by atoms with van der Waals surface area (Å²) in [5.41, 5.74) is 5.17. The van der Waals surface area contributed by atoms with Crippen LogP contribution in [-0.2, 0) is 0 Å². The Morgan fingerprint density at radius 2 is 1.76 bits per heavy atom. The van der Waals surface area contributed by atoms with E-state index in [1.807, 2.05) is 60.9 Å². The van der Waals surface area contributed by atoms with E-state index in [2.05, 4.69) is 36.6 Å². The number of rotatable bonds is 5. The van der Waals surface area contributed by atoms with Gasteiger partial charge in [0.2, 0.25) is 0 Å². The Labute approximate surface area is 188 Å². The first-order valence-electron chi connectivity index (χ1n) is 10.3. The van der Waals surface area contributed by atoms with Crippen LogP contribution in [0, 0.1) is 0 Å². The van der Waals surface area contributed by atoms with E-state index in [0.29, 0.717) is 22.7 Å². The third kappa shape index (κ3) is 3.68. The molecule has 0 bridgehead atoms. The van der Waals surface area contributed by atoms with Gasteiger partial charge in [0.25, 0.3) is 0 Å². The Kier molecular flexibility index (Phi) is 4.54. The van der Waals surface area contributed by atoms with Crippen molar-refractivity contribution < 1.29 is 0 Å². The number of benzene rings is 1. The zero-order valence-electron chi connectivity index (χ0n) is 17.3. The number of nitrogens with zero attached hydrogens (tertiary/aromatic N) is 7. The Bertz CT molecular complexity index is 1540. The van der Waals surface area contributed by atoms with Gasteiger partial charge in [-0.15, -0.1) is 0 Å². The number of anilines is 2. The minimum Gasteiger partial charge on any atom is -0.336 e. The van der Waals surface area contributed by atoms with Crippen molar-refractivity contribution in [3.63, 3.8) is 0 Å². The number of aromatic nitrogens is 8. The first-order valence-corrected chi connectivity index (χ1v) is 10.3. The fourth-order valence-electron chi connectivity index (χ4n) is 3.57. The summed E-state index contributed by atoms with van der Waals surface area (Å²) in [6, 6.07) is 17.7. The van der Waals surface area contributed by atoms with Crippen LogP contribution >= 0.6 is 0 Å². The fraction of sp³-hybridized carbons (Fsp3) is 0. The van der Waals surface area contributed by atoms with Gasteiger partial charge in [0.1, 0.15) is 11.0 Å². The van der Waals surface area contributed by atoms with Gasteiger partial charge in [-0.3, -0.25) is 10.1 Å². The maximum atomic E-state index is 4.79. The molecular formula is C24H17N9. The molecule has 0 saturated heterocycles. The van der Waals surface area contributed by atoms with Crippen molar-refractivity contribution in [1.82, 2.24) is 39.9 Å². The highest BCUT2D eigenvalue weighted by molar-refractivity contribution is 5.88. The van der Waals surface area contributed by atoms with Gasteiger partial charge in [-0.05, 0) is 29.8 Å². The van der Waals surface area contributed by atoms with Crippen LogP contribution in [0.25, 0.3) is 39.4 Å². The molecule has 0 spiro atoms. The molecule has 6 aromatic rings. The van der Waals surface area contributed by atoms with Crippen LogP contribution in [0.2, 0.25) is 0 Å². The number of hydrogen-bond acceptors (Lipinski definition) is 7. The summed E-state index contributed by atoms with van der Waals surface area (Å²) in [5, 5.41) is 14.9. The van der Waals surface area contributed by atoms with Gasteiger partial charge in [0.05, 0.1) is 24.3 Å². The monoisotopic (exact) mass is 431 g/mol. The standard InChI is InChI=1S/C24H17N9/c1-2-10-26-21(8-1)33-15-19(13-28-33)29-24-22-20(14-27-32-22)30-23(31-24)17-6-3-5-16(11-17)18-7-4-9-25-12-18/h1-15H,(H,27,32)(H,29,30,31). The van der Waals surface area contributed by atoms with E-state index in [0.717, 1.165) is 28.2 Å². The summed E-state index contributed by atoms with van der Waals surface area (Å²) in [5.74, 6) is 1.93. The Morgan fingerprint density at radius 1 is 0.818 bits per heavy atom. The van der Waals surface area contributed by atoms with Crippen LogP contribution in [0.4, 0.5) is 11.5 Å². The number of hydrogen-bond donors (Lipinski definition) is 2. The van der Waals surface area contributed by atoms with Gasteiger partial charge in [0.15, 0.2) is 17.5 Å². The van der Waals surface area contributed by atoms with E-state index in [1.165, 1.54) is 0 Å². The third-order valence-electron chi connectivity index (χ3n) is 5.15. The maximum Gasteiger partial charge on any atom is 0.162 e. The Morgan fingerprint density at radius 3 is 2.64 bits per heavy atom. The van der Waals surface area contributed by atoms with E-state index in [1.54, 1.807) is 29.5 Å². The third-order valence-corrected chi connectivity index (χ3v) is 5.15. The van der Waals surface area contributed by atoms with Crippen molar-refractivity contribution in [2.24, 2.45) is 0 Å². The molecule has 1 aromatic carbocycles. The zero-order valence-corrected chi connectivity index (χ0v) is 17.3. The molecule has 0 aliphatic heterocycles. The van der Waals surface area contributed by atoms with Crippen LogP contribution in [0.15, 0.2) is 91.8 Å². The number of nitrogens with one attached hydrogen (secondary N) is 2. The van der Waals surface area contributed by atoms with E-state index < -0.39 is 0 Å². The summed E-state index contributed by atoms with van der Waals surface area (Å²) in [7, 11) is 0. The lowest BCUT2D eigenvalue weighted by Gasteiger charge is -2.08. The van der Waals surface area contributed by atoms with Crippen molar-refractivity contribution in [2.45, 2.75) is 0 Å². The molecule has 0 atom stereocenters. The lowest BCUT2D eigenvalue weighted by molar-refractivity contribution is 0.847. The second kappa shape index (κ2) is 7.97. The molecule has 5 heterocycles. The van der Waals surface area contributed by atoms with Crippen molar-refractivity contribution in [3.8, 4) is 28.3 Å². The van der Waals surface area contributed by atoms with Crippen molar-refractivity contribution in [1.29, 1.82) is 0 Å². The average molecular weight is 431 g/mol. The van der Waals surface area contributed by atoms with Crippen LogP contribution in [-0.4, -0.2) is 39.9 Å². The summed E-state index contributed by atoms with van der Waals surface area (Å²) < 4.78 is 1.70. The van der Waals surface area contributed by atoms with Crippen LogP contribution < -0.4 is 5.32 Å². The van der Waals surface area contributed by atoms with E-state index in [4.69, 9.17) is 9.97 Å². The molecular weight excluding hydrogens is 414 g/mol. The van der Waals surface area contributed by atoms with Gasteiger partial charge >= 0.3 is 0 Å². The number of pyridine rings is 2. The topological polar surface area (TPSA) is 110 Å². The summed E-state index contributed by atoms with van der Waals surface area (Å²) in [6.07, 6.45) is 10.6. The molecule has 33 heavy (non-hydrogen) atoms. The molecule has 158 valence electrons. The molecule has 0 fully saturated rings.